The Hall–Kier alpha value is -0.620. The summed E-state index contributed by atoms with van der Waals surface area (Å²) in [5.74, 6) is -0.390. The lowest BCUT2D eigenvalue weighted by Gasteiger charge is -2.17. The predicted molar refractivity (Wildman–Crippen MR) is 65.7 cm³/mol. The number of hydrogen-bond acceptors (Lipinski definition) is 4. The van der Waals surface area contributed by atoms with Crippen molar-refractivity contribution >= 4 is 27.9 Å². The smallest absolute Gasteiger partial charge is 0.417 e. The maximum atomic E-state index is 11.7. The molecule has 0 spiro atoms. The third-order valence-corrected chi connectivity index (χ3v) is 3.31. The average molecular weight is 308 g/mol. The van der Waals surface area contributed by atoms with E-state index < -0.39 is 23.1 Å². The zero-order valence-corrected chi connectivity index (χ0v) is 11.5. The highest BCUT2D eigenvalue weighted by molar-refractivity contribution is 9.09. The van der Waals surface area contributed by atoms with Crippen LogP contribution in [-0.2, 0) is 9.53 Å². The summed E-state index contributed by atoms with van der Waals surface area (Å²) < 4.78 is 4.72. The van der Waals surface area contributed by atoms with Crippen LogP contribution in [-0.4, -0.2) is 39.7 Å². The van der Waals surface area contributed by atoms with Crippen molar-refractivity contribution in [3.05, 3.63) is 0 Å². The Balaban J connectivity index is 2.35. The first-order valence-corrected chi connectivity index (χ1v) is 6.78. The third kappa shape index (κ3) is 4.27. The number of nitrogens with zero attached hydrogens (tertiary/aromatic N) is 1. The molecule has 2 amide bonds. The van der Waals surface area contributed by atoms with Gasteiger partial charge >= 0.3 is 6.09 Å². The minimum absolute atomic E-state index is 0.0269. The molecular weight excluding hydrogens is 290 g/mol. The molecular formula is C11H18BrNO4. The fourth-order valence-electron chi connectivity index (χ4n) is 1.69. The van der Waals surface area contributed by atoms with Crippen molar-refractivity contribution in [1.82, 2.24) is 4.90 Å². The quantitative estimate of drug-likeness (QED) is 0.463. The molecule has 2 atom stereocenters. The molecule has 1 fully saturated rings. The molecule has 98 valence electrons. The topological polar surface area (TPSA) is 66.8 Å². The summed E-state index contributed by atoms with van der Waals surface area (Å²) in [7, 11) is 0. The van der Waals surface area contributed by atoms with Gasteiger partial charge < -0.3 is 9.84 Å². The van der Waals surface area contributed by atoms with Crippen LogP contribution in [0.25, 0.3) is 0 Å². The second-order valence-corrected chi connectivity index (χ2v) is 5.19. The number of carbonyl (C=O) groups excluding carboxylic acids is 2. The van der Waals surface area contributed by atoms with Crippen molar-refractivity contribution in [3.8, 4) is 0 Å². The van der Waals surface area contributed by atoms with Gasteiger partial charge in [-0.3, -0.25) is 4.79 Å². The average Bonchev–Trinajstić information content (AvgIpc) is 2.58. The van der Waals surface area contributed by atoms with Gasteiger partial charge in [0.1, 0.15) is 11.6 Å². The lowest BCUT2D eigenvalue weighted by Crippen LogP contribution is -2.37. The van der Waals surface area contributed by atoms with E-state index in [1.54, 1.807) is 0 Å². The number of amides is 2. The van der Waals surface area contributed by atoms with E-state index in [4.69, 9.17) is 4.74 Å². The number of alkyl halides is 1. The first-order valence-electron chi connectivity index (χ1n) is 5.87. The van der Waals surface area contributed by atoms with E-state index in [0.717, 1.165) is 24.2 Å². The van der Waals surface area contributed by atoms with Gasteiger partial charge in [-0.1, -0.05) is 42.1 Å². The predicted octanol–water partition coefficient (Wildman–Crippen LogP) is 2.02. The van der Waals surface area contributed by atoms with E-state index in [1.807, 2.05) is 0 Å². The minimum Gasteiger partial charge on any atom is -0.446 e. The molecule has 0 saturated carbocycles. The Labute approximate surface area is 109 Å². The Morgan fingerprint density at radius 2 is 2.35 bits per heavy atom. The van der Waals surface area contributed by atoms with Crippen LogP contribution in [0.5, 0.6) is 0 Å². The van der Waals surface area contributed by atoms with Gasteiger partial charge in [-0.05, 0) is 6.42 Å². The van der Waals surface area contributed by atoms with E-state index in [9.17, 15) is 14.7 Å². The fraction of sp³-hybridized carbons (Fsp3) is 0.818. The second-order valence-electron chi connectivity index (χ2n) is 4.13. The number of cyclic esters (lactones) is 1. The maximum absolute atomic E-state index is 11.7. The summed E-state index contributed by atoms with van der Waals surface area (Å²) in [4.78, 5) is 23.6. The van der Waals surface area contributed by atoms with Gasteiger partial charge in [0.05, 0.1) is 12.5 Å². The number of hydrogen-bond donors (Lipinski definition) is 1. The molecule has 1 aliphatic heterocycles. The van der Waals surface area contributed by atoms with Crippen molar-refractivity contribution in [2.45, 2.75) is 50.1 Å². The number of carbonyl (C=O) groups is 2. The maximum Gasteiger partial charge on any atom is 0.417 e. The lowest BCUT2D eigenvalue weighted by atomic mass is 10.1. The third-order valence-electron chi connectivity index (χ3n) is 2.64. The van der Waals surface area contributed by atoms with Crippen LogP contribution in [0.15, 0.2) is 0 Å². The van der Waals surface area contributed by atoms with E-state index in [2.05, 4.69) is 22.9 Å². The second kappa shape index (κ2) is 6.96. The van der Waals surface area contributed by atoms with E-state index in [1.165, 1.54) is 0 Å². The normalized spacial score (nSPS) is 21.5. The number of aliphatic hydroxyl groups excluding tert-OH is 1. The summed E-state index contributed by atoms with van der Waals surface area (Å²) in [5, 5.41) is 9.66. The first kappa shape index (κ1) is 14.4. The zero-order valence-electron chi connectivity index (χ0n) is 9.89. The fourth-order valence-corrected chi connectivity index (χ4v) is 2.22. The van der Waals surface area contributed by atoms with Gasteiger partial charge in [-0.15, -0.1) is 0 Å². The molecule has 0 aromatic carbocycles. The Bertz CT molecular complexity index is 285. The summed E-state index contributed by atoms with van der Waals surface area (Å²) in [6, 6.07) is 0. The molecule has 5 nitrogen and oxygen atoms in total. The largest absolute Gasteiger partial charge is 0.446 e. The van der Waals surface area contributed by atoms with Crippen LogP contribution in [0.2, 0.25) is 0 Å². The lowest BCUT2D eigenvalue weighted by molar-refractivity contribution is -0.130. The molecule has 0 aromatic heterocycles. The number of aliphatic hydroxyl groups is 1. The summed E-state index contributed by atoms with van der Waals surface area (Å²) >= 11 is 3.18. The van der Waals surface area contributed by atoms with Crippen LogP contribution in [0.1, 0.15) is 39.0 Å². The molecule has 17 heavy (non-hydrogen) atoms. The van der Waals surface area contributed by atoms with E-state index in [0.29, 0.717) is 6.42 Å². The number of rotatable bonds is 6. The van der Waals surface area contributed by atoms with Crippen molar-refractivity contribution < 1.29 is 19.4 Å². The molecule has 0 bridgehead atoms. The van der Waals surface area contributed by atoms with Gasteiger partial charge in [-0.25, -0.2) is 9.69 Å². The standard InChI is InChI=1S/C11H18BrNO4/c1-2-3-4-5-8(14)6-10(15)13-9(12)7-17-11(13)16/h8-9,14H,2-7H2,1H3/t8-,9+/m1/s1. The molecule has 0 radical (unpaired) electrons. The SMILES string of the molecule is CCCCC[C@@H](O)CC(=O)N1C(=O)OC[C@H]1Br. The highest BCUT2D eigenvalue weighted by atomic mass is 79.9. The molecule has 1 rings (SSSR count). The minimum atomic E-state index is -0.679. The van der Waals surface area contributed by atoms with Crippen molar-refractivity contribution in [2.24, 2.45) is 0 Å². The van der Waals surface area contributed by atoms with E-state index in [-0.39, 0.29) is 13.0 Å². The molecule has 0 unspecified atom stereocenters. The first-order chi connectivity index (χ1) is 8.06. The molecule has 0 aromatic rings. The van der Waals surface area contributed by atoms with Crippen LogP contribution in [0.4, 0.5) is 4.79 Å². The molecule has 1 aliphatic rings. The molecule has 1 saturated heterocycles. The summed E-state index contributed by atoms with van der Waals surface area (Å²) in [5.41, 5.74) is 0. The van der Waals surface area contributed by atoms with Gasteiger partial charge in [-0.2, -0.15) is 0 Å². The van der Waals surface area contributed by atoms with Crippen LogP contribution < -0.4 is 0 Å². The Morgan fingerprint density at radius 1 is 1.65 bits per heavy atom. The molecule has 1 N–H and O–H groups in total. The Morgan fingerprint density at radius 3 is 2.88 bits per heavy atom. The number of unbranched alkanes of at least 4 members (excludes halogenated alkanes) is 2. The summed E-state index contributed by atoms with van der Waals surface area (Å²) in [6.07, 6.45) is 2.25. The van der Waals surface area contributed by atoms with Gasteiger partial charge in [0.2, 0.25) is 5.91 Å². The van der Waals surface area contributed by atoms with Crippen molar-refractivity contribution in [3.63, 3.8) is 0 Å². The highest BCUT2D eigenvalue weighted by Gasteiger charge is 2.36. The number of halogens is 1. The van der Waals surface area contributed by atoms with E-state index >= 15 is 0 Å². The summed E-state index contributed by atoms with van der Waals surface area (Å²) in [6.45, 7) is 2.24. The number of ether oxygens (including phenoxy) is 1. The van der Waals surface area contributed by atoms with Crippen LogP contribution in [0.3, 0.4) is 0 Å². The van der Waals surface area contributed by atoms with Crippen LogP contribution in [0, 0.1) is 0 Å². The molecule has 6 heteroatoms. The van der Waals surface area contributed by atoms with Gasteiger partial charge in [0.15, 0.2) is 0 Å². The molecule has 1 heterocycles. The number of imide groups is 1. The van der Waals surface area contributed by atoms with Crippen molar-refractivity contribution in [2.75, 3.05) is 6.61 Å². The highest BCUT2D eigenvalue weighted by Crippen LogP contribution is 2.19. The van der Waals surface area contributed by atoms with Gasteiger partial charge in [0.25, 0.3) is 0 Å². The van der Waals surface area contributed by atoms with Crippen molar-refractivity contribution in [1.29, 1.82) is 0 Å². The van der Waals surface area contributed by atoms with Crippen LogP contribution >= 0.6 is 15.9 Å². The Kier molecular flexibility index (Phi) is 5.91. The monoisotopic (exact) mass is 307 g/mol. The molecule has 0 aliphatic carbocycles. The zero-order chi connectivity index (χ0) is 12.8. The van der Waals surface area contributed by atoms with Gasteiger partial charge in [0, 0.05) is 0 Å².